The van der Waals surface area contributed by atoms with Crippen LogP contribution in [-0.2, 0) is 11.2 Å². The minimum atomic E-state index is -0.123. The molecule has 0 fully saturated rings. The number of fused-ring (bicyclic) bond motifs is 2. The van der Waals surface area contributed by atoms with Crippen LogP contribution in [0.25, 0.3) is 22.6 Å². The number of carbonyl (C=O) groups excluding carboxylic acids is 1. The summed E-state index contributed by atoms with van der Waals surface area (Å²) in [5, 5.41) is 3.96. The standard InChI is InChI=1S/C21H18N4O/c26-20(10-9-17-6-3-5-16-7-4-12-23-21(16)17)22-13-11-18-15-25-14-2-1-8-19(25)24-18/h1-10,12,14-15H,11,13H2,(H,22,26)/b10-9+. The van der Waals surface area contributed by atoms with Gasteiger partial charge in [0, 0.05) is 48.6 Å². The van der Waals surface area contributed by atoms with E-state index in [1.165, 1.54) is 0 Å². The molecule has 0 aliphatic carbocycles. The van der Waals surface area contributed by atoms with E-state index in [-0.39, 0.29) is 5.91 Å². The summed E-state index contributed by atoms with van der Waals surface area (Å²) >= 11 is 0. The van der Waals surface area contributed by atoms with Gasteiger partial charge >= 0.3 is 0 Å². The van der Waals surface area contributed by atoms with E-state index in [4.69, 9.17) is 0 Å². The zero-order chi connectivity index (χ0) is 17.8. The number of imidazole rings is 1. The van der Waals surface area contributed by atoms with Crippen molar-refractivity contribution in [1.29, 1.82) is 0 Å². The summed E-state index contributed by atoms with van der Waals surface area (Å²) < 4.78 is 1.98. The number of rotatable bonds is 5. The van der Waals surface area contributed by atoms with Crippen LogP contribution < -0.4 is 5.32 Å². The van der Waals surface area contributed by atoms with Crippen LogP contribution in [0.3, 0.4) is 0 Å². The Hall–Kier alpha value is -3.47. The summed E-state index contributed by atoms with van der Waals surface area (Å²) in [4.78, 5) is 21.0. The fourth-order valence-corrected chi connectivity index (χ4v) is 2.91. The average Bonchev–Trinajstić information content (AvgIpc) is 3.09. The summed E-state index contributed by atoms with van der Waals surface area (Å²) in [6.45, 7) is 0.543. The molecule has 1 N–H and O–H groups in total. The van der Waals surface area contributed by atoms with Crippen LogP contribution in [0.15, 0.2) is 73.2 Å². The predicted molar refractivity (Wildman–Crippen MR) is 103 cm³/mol. The molecule has 0 aliphatic heterocycles. The number of amides is 1. The van der Waals surface area contributed by atoms with Crippen molar-refractivity contribution in [2.45, 2.75) is 6.42 Å². The molecule has 3 aromatic heterocycles. The lowest BCUT2D eigenvalue weighted by Crippen LogP contribution is -2.23. The van der Waals surface area contributed by atoms with Crippen LogP contribution in [0.4, 0.5) is 0 Å². The van der Waals surface area contributed by atoms with Gasteiger partial charge in [0.25, 0.3) is 0 Å². The number of para-hydroxylation sites is 1. The first-order valence-corrected chi connectivity index (χ1v) is 8.52. The van der Waals surface area contributed by atoms with E-state index < -0.39 is 0 Å². The van der Waals surface area contributed by atoms with Gasteiger partial charge in [-0.3, -0.25) is 9.78 Å². The molecule has 0 saturated heterocycles. The van der Waals surface area contributed by atoms with Crippen LogP contribution in [0.2, 0.25) is 0 Å². The summed E-state index contributed by atoms with van der Waals surface area (Å²) in [5.74, 6) is -0.123. The molecule has 128 valence electrons. The van der Waals surface area contributed by atoms with Gasteiger partial charge in [0.2, 0.25) is 5.91 Å². The quantitative estimate of drug-likeness (QED) is 0.566. The normalized spacial score (nSPS) is 11.4. The van der Waals surface area contributed by atoms with E-state index >= 15 is 0 Å². The number of hydrogen-bond donors (Lipinski definition) is 1. The molecule has 4 rings (SSSR count). The van der Waals surface area contributed by atoms with Crippen molar-refractivity contribution in [2.24, 2.45) is 0 Å². The number of carbonyl (C=O) groups is 1. The molecule has 4 aromatic rings. The van der Waals surface area contributed by atoms with E-state index in [1.54, 1.807) is 18.3 Å². The van der Waals surface area contributed by atoms with Crippen molar-refractivity contribution in [3.05, 3.63) is 84.5 Å². The van der Waals surface area contributed by atoms with E-state index in [2.05, 4.69) is 15.3 Å². The minimum Gasteiger partial charge on any atom is -0.352 e. The van der Waals surface area contributed by atoms with Gasteiger partial charge in [-0.05, 0) is 24.3 Å². The topological polar surface area (TPSA) is 59.3 Å². The number of pyridine rings is 2. The Kier molecular flexibility index (Phi) is 4.43. The van der Waals surface area contributed by atoms with Gasteiger partial charge in [-0.1, -0.05) is 30.3 Å². The molecule has 0 saturated carbocycles. The number of aromatic nitrogens is 3. The zero-order valence-electron chi connectivity index (χ0n) is 14.2. The van der Waals surface area contributed by atoms with Gasteiger partial charge in [-0.15, -0.1) is 0 Å². The highest BCUT2D eigenvalue weighted by Gasteiger charge is 2.03. The first kappa shape index (κ1) is 16.0. The molecule has 0 aliphatic rings. The Morgan fingerprint density at radius 2 is 2.04 bits per heavy atom. The Bertz CT molecular complexity index is 1060. The molecule has 5 nitrogen and oxygen atoms in total. The smallest absolute Gasteiger partial charge is 0.244 e. The summed E-state index contributed by atoms with van der Waals surface area (Å²) in [7, 11) is 0. The van der Waals surface area contributed by atoms with Gasteiger partial charge in [0.05, 0.1) is 11.2 Å². The maximum absolute atomic E-state index is 12.1. The largest absolute Gasteiger partial charge is 0.352 e. The number of nitrogens with zero attached hydrogens (tertiary/aromatic N) is 3. The zero-order valence-corrected chi connectivity index (χ0v) is 14.2. The van der Waals surface area contributed by atoms with Gasteiger partial charge in [0.15, 0.2) is 0 Å². The van der Waals surface area contributed by atoms with Crippen LogP contribution in [0.1, 0.15) is 11.3 Å². The molecular weight excluding hydrogens is 324 g/mol. The number of benzene rings is 1. The molecule has 1 aromatic carbocycles. The first-order chi connectivity index (χ1) is 12.8. The van der Waals surface area contributed by atoms with E-state index in [0.717, 1.165) is 27.8 Å². The van der Waals surface area contributed by atoms with Crippen LogP contribution in [0.5, 0.6) is 0 Å². The highest BCUT2D eigenvalue weighted by atomic mass is 16.1. The lowest BCUT2D eigenvalue weighted by atomic mass is 10.1. The van der Waals surface area contributed by atoms with Crippen molar-refractivity contribution in [1.82, 2.24) is 19.7 Å². The van der Waals surface area contributed by atoms with Crippen LogP contribution >= 0.6 is 0 Å². The van der Waals surface area contributed by atoms with Crippen molar-refractivity contribution in [3.8, 4) is 0 Å². The summed E-state index contributed by atoms with van der Waals surface area (Å²) in [5.41, 5.74) is 3.69. The monoisotopic (exact) mass is 342 g/mol. The Balaban J connectivity index is 1.37. The molecule has 0 spiro atoms. The highest BCUT2D eigenvalue weighted by molar-refractivity contribution is 5.95. The lowest BCUT2D eigenvalue weighted by molar-refractivity contribution is -0.116. The van der Waals surface area contributed by atoms with E-state index in [1.807, 2.05) is 65.3 Å². The van der Waals surface area contributed by atoms with Crippen molar-refractivity contribution in [2.75, 3.05) is 6.54 Å². The van der Waals surface area contributed by atoms with Crippen LogP contribution in [0, 0.1) is 0 Å². The van der Waals surface area contributed by atoms with Crippen molar-refractivity contribution in [3.63, 3.8) is 0 Å². The summed E-state index contributed by atoms with van der Waals surface area (Å²) in [6.07, 6.45) is 9.75. The van der Waals surface area contributed by atoms with Crippen molar-refractivity contribution >= 4 is 28.5 Å². The molecule has 0 atom stereocenters. The molecular formula is C21H18N4O. The molecule has 26 heavy (non-hydrogen) atoms. The third-order valence-electron chi connectivity index (χ3n) is 4.17. The third-order valence-corrected chi connectivity index (χ3v) is 4.17. The Labute approximate surface area is 151 Å². The van der Waals surface area contributed by atoms with Gasteiger partial charge in [-0.2, -0.15) is 0 Å². The second-order valence-electron chi connectivity index (χ2n) is 6.00. The van der Waals surface area contributed by atoms with E-state index in [0.29, 0.717) is 13.0 Å². The number of hydrogen-bond acceptors (Lipinski definition) is 3. The maximum Gasteiger partial charge on any atom is 0.244 e. The van der Waals surface area contributed by atoms with E-state index in [9.17, 15) is 4.79 Å². The second-order valence-corrected chi connectivity index (χ2v) is 6.00. The summed E-state index contributed by atoms with van der Waals surface area (Å²) in [6, 6.07) is 15.7. The lowest BCUT2D eigenvalue weighted by Gasteiger charge is -2.02. The predicted octanol–water partition coefficient (Wildman–Crippen LogP) is 3.25. The Morgan fingerprint density at radius 1 is 1.12 bits per heavy atom. The third kappa shape index (κ3) is 3.47. The molecule has 1 amide bonds. The Morgan fingerprint density at radius 3 is 2.96 bits per heavy atom. The highest BCUT2D eigenvalue weighted by Crippen LogP contribution is 2.16. The second kappa shape index (κ2) is 7.19. The van der Waals surface area contributed by atoms with Gasteiger partial charge in [0.1, 0.15) is 5.65 Å². The van der Waals surface area contributed by atoms with Gasteiger partial charge in [-0.25, -0.2) is 4.98 Å². The maximum atomic E-state index is 12.1. The molecule has 5 heteroatoms. The van der Waals surface area contributed by atoms with Gasteiger partial charge < -0.3 is 9.72 Å². The molecule has 0 unspecified atom stereocenters. The fourth-order valence-electron chi connectivity index (χ4n) is 2.91. The average molecular weight is 342 g/mol. The SMILES string of the molecule is O=C(/C=C/c1cccc2cccnc12)NCCc1cn2ccccc2n1. The fraction of sp³-hybridized carbons (Fsp3) is 0.0952. The minimum absolute atomic E-state index is 0.123. The first-order valence-electron chi connectivity index (χ1n) is 8.52. The molecule has 0 bridgehead atoms. The van der Waals surface area contributed by atoms with Crippen LogP contribution in [-0.4, -0.2) is 26.8 Å². The molecule has 3 heterocycles. The molecule has 0 radical (unpaired) electrons. The number of nitrogens with one attached hydrogen (secondary N) is 1. The van der Waals surface area contributed by atoms with Crippen molar-refractivity contribution < 1.29 is 4.79 Å².